The van der Waals surface area contributed by atoms with Crippen LogP contribution in [0.15, 0.2) is 76.7 Å². The molecule has 3 aromatic carbocycles. The third-order valence-electron chi connectivity index (χ3n) is 4.18. The summed E-state index contributed by atoms with van der Waals surface area (Å²) in [6, 6.07) is 20.6. The van der Waals surface area contributed by atoms with E-state index in [0.717, 1.165) is 22.6 Å². The van der Waals surface area contributed by atoms with Crippen molar-refractivity contribution in [2.24, 2.45) is 9.98 Å². The van der Waals surface area contributed by atoms with Gasteiger partial charge in [-0.2, -0.15) is 9.98 Å². The van der Waals surface area contributed by atoms with E-state index in [-0.39, 0.29) is 0 Å². The Morgan fingerprint density at radius 1 is 0.926 bits per heavy atom. The zero-order valence-electron chi connectivity index (χ0n) is 14.4. The molecule has 0 saturated carbocycles. The van der Waals surface area contributed by atoms with Gasteiger partial charge in [0.2, 0.25) is 0 Å². The van der Waals surface area contributed by atoms with Crippen LogP contribution in [-0.2, 0) is 13.2 Å². The van der Waals surface area contributed by atoms with Crippen LogP contribution < -0.4 is 20.8 Å². The third-order valence-corrected chi connectivity index (χ3v) is 4.55. The lowest BCUT2D eigenvalue weighted by atomic mass is 10.2. The normalized spacial score (nSPS) is 12.1. The van der Waals surface area contributed by atoms with Gasteiger partial charge >= 0.3 is 6.03 Å². The van der Waals surface area contributed by atoms with E-state index < -0.39 is 6.03 Å². The number of nitrogens with zero attached hydrogens (tertiary/aromatic N) is 2. The molecule has 0 radical (unpaired) electrons. The largest absolute Gasteiger partial charge is 0.489 e. The highest BCUT2D eigenvalue weighted by Crippen LogP contribution is 2.19. The molecular weight excluding hydrogens is 362 g/mol. The van der Waals surface area contributed by atoms with Crippen molar-refractivity contribution in [3.05, 3.63) is 93.6 Å². The molecule has 0 unspecified atom stereocenters. The molecular formula is C21H16ClN3O2. The van der Waals surface area contributed by atoms with Gasteiger partial charge in [-0.3, -0.25) is 0 Å². The van der Waals surface area contributed by atoms with Gasteiger partial charge in [0, 0.05) is 22.8 Å². The lowest BCUT2D eigenvalue weighted by Crippen LogP contribution is -2.21. The van der Waals surface area contributed by atoms with Crippen LogP contribution in [-0.4, -0.2) is 6.03 Å². The number of carbonyl (C=O) groups is 1. The van der Waals surface area contributed by atoms with E-state index in [1.165, 1.54) is 0 Å². The Balaban J connectivity index is 1.35. The molecule has 5 nitrogen and oxygen atoms in total. The second-order valence-electron chi connectivity index (χ2n) is 6.09. The Bertz CT molecular complexity index is 1110. The number of benzene rings is 3. The van der Waals surface area contributed by atoms with E-state index >= 15 is 0 Å². The average molecular weight is 378 g/mol. The van der Waals surface area contributed by atoms with E-state index in [2.05, 4.69) is 15.3 Å². The van der Waals surface area contributed by atoms with Gasteiger partial charge in [0.05, 0.1) is 10.7 Å². The van der Waals surface area contributed by atoms with E-state index in [9.17, 15) is 4.79 Å². The quantitative estimate of drug-likeness (QED) is 0.708. The van der Waals surface area contributed by atoms with E-state index in [1.807, 2.05) is 60.7 Å². The second-order valence-corrected chi connectivity index (χ2v) is 6.49. The Labute approximate surface area is 161 Å². The molecule has 1 N–H and O–H groups in total. The topological polar surface area (TPSA) is 63.0 Å². The van der Waals surface area contributed by atoms with Crippen LogP contribution in [0.3, 0.4) is 0 Å². The molecule has 4 rings (SSSR count). The number of fused-ring (bicyclic) bond motifs is 1. The Morgan fingerprint density at radius 3 is 2.52 bits per heavy atom. The number of hydrogen-bond donors (Lipinski definition) is 1. The molecule has 1 aliphatic rings. The molecule has 1 heterocycles. The summed E-state index contributed by atoms with van der Waals surface area (Å²) in [7, 11) is 0. The van der Waals surface area contributed by atoms with E-state index in [1.54, 1.807) is 6.07 Å². The fraction of sp³-hybridized carbons (Fsp3) is 0.0952. The van der Waals surface area contributed by atoms with Gasteiger partial charge in [0.15, 0.2) is 0 Å². The maximum absolute atomic E-state index is 11.2. The molecule has 0 atom stereocenters. The van der Waals surface area contributed by atoms with Crippen LogP contribution in [0.1, 0.15) is 11.1 Å². The van der Waals surface area contributed by atoms with Gasteiger partial charge in [-0.15, -0.1) is 0 Å². The van der Waals surface area contributed by atoms with Crippen molar-refractivity contribution in [2.45, 2.75) is 13.2 Å². The fourth-order valence-corrected chi connectivity index (χ4v) is 2.92. The summed E-state index contributed by atoms with van der Waals surface area (Å²) in [5.74, 6) is 0.787. The molecule has 1 aliphatic heterocycles. The average Bonchev–Trinajstić information content (AvgIpc) is 3.06. The summed E-state index contributed by atoms with van der Waals surface area (Å²) in [5, 5.41) is 5.24. The number of amides is 2. The van der Waals surface area contributed by atoms with Gasteiger partial charge in [-0.05, 0) is 42.0 Å². The highest BCUT2D eigenvalue weighted by Gasteiger charge is 2.05. The fourth-order valence-electron chi connectivity index (χ4n) is 2.73. The van der Waals surface area contributed by atoms with Crippen molar-refractivity contribution in [3.8, 4) is 5.75 Å². The maximum atomic E-state index is 11.2. The monoisotopic (exact) mass is 377 g/mol. The summed E-state index contributed by atoms with van der Waals surface area (Å²) in [6.45, 7) is 1.08. The zero-order chi connectivity index (χ0) is 18.6. The van der Waals surface area contributed by atoms with Crippen LogP contribution in [0.2, 0.25) is 5.02 Å². The van der Waals surface area contributed by atoms with Crippen LogP contribution in [0.4, 0.5) is 10.5 Å². The molecule has 0 aliphatic carbocycles. The highest BCUT2D eigenvalue weighted by molar-refractivity contribution is 6.31. The predicted molar refractivity (Wildman–Crippen MR) is 104 cm³/mol. The van der Waals surface area contributed by atoms with Crippen molar-refractivity contribution in [2.75, 3.05) is 5.32 Å². The summed E-state index contributed by atoms with van der Waals surface area (Å²) in [6.07, 6.45) is 0. The Hall–Kier alpha value is -3.18. The van der Waals surface area contributed by atoms with Crippen LogP contribution in [0.5, 0.6) is 5.75 Å². The maximum Gasteiger partial charge on any atom is 0.368 e. The smallest absolute Gasteiger partial charge is 0.368 e. The summed E-state index contributed by atoms with van der Waals surface area (Å²) in [4.78, 5) is 18.9. The van der Waals surface area contributed by atoms with Crippen molar-refractivity contribution in [3.63, 3.8) is 0 Å². The van der Waals surface area contributed by atoms with Gasteiger partial charge in [0.1, 0.15) is 12.4 Å². The molecule has 0 saturated heterocycles. The van der Waals surface area contributed by atoms with Gasteiger partial charge in [-0.1, -0.05) is 41.9 Å². The number of urea groups is 1. The lowest BCUT2D eigenvalue weighted by Gasteiger charge is -2.09. The SMILES string of the molecule is O=C1N=c2ccc(NCc3ccc(OCc4ccccc4Cl)cc3)cc2=N1. The molecule has 27 heavy (non-hydrogen) atoms. The number of hydrogen-bond acceptors (Lipinski definition) is 3. The molecule has 0 spiro atoms. The minimum atomic E-state index is -0.450. The molecule has 0 fully saturated rings. The lowest BCUT2D eigenvalue weighted by molar-refractivity contribution is 0.256. The van der Waals surface area contributed by atoms with Crippen LogP contribution >= 0.6 is 11.6 Å². The molecule has 6 heteroatoms. The first-order valence-electron chi connectivity index (χ1n) is 8.48. The molecule has 3 aromatic rings. The minimum Gasteiger partial charge on any atom is -0.489 e. The van der Waals surface area contributed by atoms with Crippen molar-refractivity contribution < 1.29 is 9.53 Å². The van der Waals surface area contributed by atoms with Crippen LogP contribution in [0.25, 0.3) is 0 Å². The van der Waals surface area contributed by atoms with Crippen molar-refractivity contribution in [1.29, 1.82) is 0 Å². The number of rotatable bonds is 6. The molecule has 0 bridgehead atoms. The number of anilines is 1. The molecule has 0 aromatic heterocycles. The summed E-state index contributed by atoms with van der Waals surface area (Å²) in [5.41, 5.74) is 2.96. The standard InChI is InChI=1S/C21H16ClN3O2/c22-18-4-2-1-3-15(18)13-27-17-8-5-14(6-9-17)12-23-16-7-10-19-20(11-16)25-21(26)24-19/h1-11,23H,12-13H2. The van der Waals surface area contributed by atoms with Crippen molar-refractivity contribution >= 4 is 23.3 Å². The van der Waals surface area contributed by atoms with E-state index in [4.69, 9.17) is 16.3 Å². The first-order valence-corrected chi connectivity index (χ1v) is 8.86. The number of halogens is 1. The Kier molecular flexibility index (Phi) is 4.85. The van der Waals surface area contributed by atoms with E-state index in [0.29, 0.717) is 28.9 Å². The number of ether oxygens (including phenoxy) is 1. The highest BCUT2D eigenvalue weighted by atomic mass is 35.5. The number of nitrogens with one attached hydrogen (secondary N) is 1. The zero-order valence-corrected chi connectivity index (χ0v) is 15.1. The van der Waals surface area contributed by atoms with Gasteiger partial charge in [-0.25, -0.2) is 4.79 Å². The predicted octanol–water partition coefficient (Wildman–Crippen LogP) is 3.90. The van der Waals surface area contributed by atoms with Crippen LogP contribution in [0, 0.1) is 0 Å². The molecule has 2 amide bonds. The number of carbonyl (C=O) groups excluding carboxylic acids is 1. The first-order chi connectivity index (χ1) is 13.2. The molecule has 134 valence electrons. The Morgan fingerprint density at radius 2 is 1.70 bits per heavy atom. The van der Waals surface area contributed by atoms with Gasteiger partial charge < -0.3 is 10.1 Å². The van der Waals surface area contributed by atoms with Gasteiger partial charge in [0.25, 0.3) is 0 Å². The second kappa shape index (κ2) is 7.60. The summed E-state index contributed by atoms with van der Waals surface area (Å²) >= 11 is 6.14. The third kappa shape index (κ3) is 4.15. The summed E-state index contributed by atoms with van der Waals surface area (Å²) < 4.78 is 5.79. The van der Waals surface area contributed by atoms with Crippen molar-refractivity contribution in [1.82, 2.24) is 0 Å². The first kappa shape index (κ1) is 17.2. The minimum absolute atomic E-state index is 0.430.